The summed E-state index contributed by atoms with van der Waals surface area (Å²) in [7, 11) is 0. The number of aliphatic carboxylic acids is 1. The van der Waals surface area contributed by atoms with Gasteiger partial charge >= 0.3 is 5.97 Å². The average molecular weight is 299 g/mol. The largest absolute Gasteiger partial charge is 0.481 e. The molecule has 0 saturated heterocycles. The van der Waals surface area contributed by atoms with Crippen molar-refractivity contribution < 1.29 is 9.90 Å². The van der Waals surface area contributed by atoms with Gasteiger partial charge in [0, 0.05) is 0 Å². The maximum atomic E-state index is 10.7. The molecular weight excluding hydrogens is 260 g/mol. The smallest absolute Gasteiger partial charge is 0.306 e. The van der Waals surface area contributed by atoms with Crippen LogP contribution in [0.25, 0.3) is 0 Å². The van der Waals surface area contributed by atoms with Crippen molar-refractivity contribution in [3.63, 3.8) is 0 Å². The first-order valence-corrected chi connectivity index (χ1v) is 9.30. The molecule has 21 heavy (non-hydrogen) atoms. The Morgan fingerprint density at radius 1 is 0.762 bits per heavy atom. The number of carbonyl (C=O) groups is 1. The average Bonchev–Trinajstić information content (AvgIpc) is 2.47. The summed E-state index contributed by atoms with van der Waals surface area (Å²) in [5, 5.41) is 8.79. The van der Waals surface area contributed by atoms with Gasteiger partial charge < -0.3 is 5.11 Å². The van der Waals surface area contributed by atoms with Crippen molar-refractivity contribution in [2.75, 3.05) is 0 Å². The second-order valence-electron chi connectivity index (χ2n) is 6.87. The lowest BCUT2D eigenvalue weighted by atomic mass is 9.99. The number of unbranched alkanes of at least 4 members (excludes halogenated alkanes) is 9. The van der Waals surface area contributed by atoms with Gasteiger partial charge in [0.05, 0.1) is 5.92 Å². The summed E-state index contributed by atoms with van der Waals surface area (Å²) in [6.45, 7) is 6.45. The van der Waals surface area contributed by atoms with Crippen molar-refractivity contribution in [2.24, 2.45) is 11.8 Å². The predicted octanol–water partition coefficient (Wildman–Crippen LogP) is 6.43. The summed E-state index contributed by atoms with van der Waals surface area (Å²) < 4.78 is 0. The standard InChI is InChI=1S/C19H38O2/c1-4-17(2)15-13-11-9-7-5-6-8-10-12-14-16-18(3)19(20)21/h17-18H,4-16H2,1-3H3,(H,20,21). The van der Waals surface area contributed by atoms with Crippen LogP contribution in [0.5, 0.6) is 0 Å². The van der Waals surface area contributed by atoms with E-state index < -0.39 is 5.97 Å². The van der Waals surface area contributed by atoms with E-state index in [0.29, 0.717) is 0 Å². The van der Waals surface area contributed by atoms with E-state index in [-0.39, 0.29) is 5.92 Å². The second-order valence-corrected chi connectivity index (χ2v) is 6.87. The first kappa shape index (κ1) is 20.5. The Morgan fingerprint density at radius 2 is 1.14 bits per heavy atom. The van der Waals surface area contributed by atoms with Crippen LogP contribution in [0.15, 0.2) is 0 Å². The quantitative estimate of drug-likeness (QED) is 0.353. The Kier molecular flexibility index (Phi) is 14.0. The molecule has 0 amide bonds. The Labute approximate surface area is 132 Å². The minimum Gasteiger partial charge on any atom is -0.481 e. The van der Waals surface area contributed by atoms with E-state index in [0.717, 1.165) is 18.8 Å². The molecule has 2 heteroatoms. The molecule has 0 aliphatic carbocycles. The molecule has 2 atom stereocenters. The van der Waals surface area contributed by atoms with Gasteiger partial charge in [0.1, 0.15) is 0 Å². The summed E-state index contributed by atoms with van der Waals surface area (Å²) in [6.07, 6.45) is 16.8. The van der Waals surface area contributed by atoms with Gasteiger partial charge in [-0.3, -0.25) is 4.79 Å². The fourth-order valence-electron chi connectivity index (χ4n) is 2.69. The van der Waals surface area contributed by atoms with Crippen LogP contribution >= 0.6 is 0 Å². The van der Waals surface area contributed by atoms with E-state index in [9.17, 15) is 4.79 Å². The molecule has 1 N–H and O–H groups in total. The third-order valence-electron chi connectivity index (χ3n) is 4.70. The number of carboxylic acids is 1. The zero-order chi connectivity index (χ0) is 15.9. The van der Waals surface area contributed by atoms with Crippen LogP contribution in [0.4, 0.5) is 0 Å². The highest BCUT2D eigenvalue weighted by Crippen LogP contribution is 2.16. The molecule has 2 unspecified atom stereocenters. The number of hydrogen-bond acceptors (Lipinski definition) is 1. The zero-order valence-corrected chi connectivity index (χ0v) is 14.7. The van der Waals surface area contributed by atoms with Gasteiger partial charge in [0.2, 0.25) is 0 Å². The topological polar surface area (TPSA) is 37.3 Å². The molecule has 0 spiro atoms. The van der Waals surface area contributed by atoms with E-state index in [1.54, 1.807) is 0 Å². The molecule has 0 radical (unpaired) electrons. The zero-order valence-electron chi connectivity index (χ0n) is 14.7. The highest BCUT2D eigenvalue weighted by molar-refractivity contribution is 5.69. The molecule has 0 aliphatic rings. The highest BCUT2D eigenvalue weighted by atomic mass is 16.4. The highest BCUT2D eigenvalue weighted by Gasteiger charge is 2.09. The molecule has 0 heterocycles. The molecule has 0 bridgehead atoms. The van der Waals surface area contributed by atoms with Crippen molar-refractivity contribution in [2.45, 2.75) is 104 Å². The molecule has 126 valence electrons. The van der Waals surface area contributed by atoms with Crippen molar-refractivity contribution in [3.05, 3.63) is 0 Å². The first-order valence-electron chi connectivity index (χ1n) is 9.30. The van der Waals surface area contributed by atoms with Crippen LogP contribution < -0.4 is 0 Å². The molecule has 0 aliphatic heterocycles. The molecular formula is C19H38O2. The van der Waals surface area contributed by atoms with Gasteiger partial charge in [-0.05, 0) is 12.3 Å². The number of hydrogen-bond donors (Lipinski definition) is 1. The monoisotopic (exact) mass is 298 g/mol. The summed E-state index contributed by atoms with van der Waals surface area (Å²) >= 11 is 0. The third-order valence-corrected chi connectivity index (χ3v) is 4.70. The molecule has 0 fully saturated rings. The first-order chi connectivity index (χ1) is 10.1. The van der Waals surface area contributed by atoms with Crippen LogP contribution in [0, 0.1) is 11.8 Å². The van der Waals surface area contributed by atoms with Gasteiger partial charge in [0.15, 0.2) is 0 Å². The van der Waals surface area contributed by atoms with Gasteiger partial charge in [-0.25, -0.2) is 0 Å². The van der Waals surface area contributed by atoms with Crippen LogP contribution in [-0.4, -0.2) is 11.1 Å². The van der Waals surface area contributed by atoms with Gasteiger partial charge in [-0.2, -0.15) is 0 Å². The lowest BCUT2D eigenvalue weighted by molar-refractivity contribution is -0.141. The van der Waals surface area contributed by atoms with Crippen LogP contribution in [0.1, 0.15) is 104 Å². The summed E-state index contributed by atoms with van der Waals surface area (Å²) in [5.74, 6) is 0.0950. The minimum absolute atomic E-state index is 0.166. The summed E-state index contributed by atoms with van der Waals surface area (Å²) in [4.78, 5) is 10.7. The molecule has 0 aromatic carbocycles. The van der Waals surface area contributed by atoms with Crippen molar-refractivity contribution in [1.82, 2.24) is 0 Å². The van der Waals surface area contributed by atoms with E-state index >= 15 is 0 Å². The fourth-order valence-corrected chi connectivity index (χ4v) is 2.69. The Morgan fingerprint density at radius 3 is 1.52 bits per heavy atom. The molecule has 0 aromatic heterocycles. The summed E-state index contributed by atoms with van der Waals surface area (Å²) in [5.41, 5.74) is 0. The number of carboxylic acid groups (broad SMARTS) is 1. The lowest BCUT2D eigenvalue weighted by Crippen LogP contribution is -2.08. The van der Waals surface area contributed by atoms with Gasteiger partial charge in [-0.1, -0.05) is 97.8 Å². The summed E-state index contributed by atoms with van der Waals surface area (Å²) in [6, 6.07) is 0. The SMILES string of the molecule is CCC(C)CCCCCCCCCCCCC(C)C(=O)O. The van der Waals surface area contributed by atoms with Crippen LogP contribution in [0.2, 0.25) is 0 Å². The maximum absolute atomic E-state index is 10.7. The maximum Gasteiger partial charge on any atom is 0.306 e. The van der Waals surface area contributed by atoms with E-state index in [2.05, 4.69) is 13.8 Å². The van der Waals surface area contributed by atoms with E-state index in [4.69, 9.17) is 5.11 Å². The fraction of sp³-hybridized carbons (Fsp3) is 0.947. The van der Waals surface area contributed by atoms with Gasteiger partial charge in [-0.15, -0.1) is 0 Å². The predicted molar refractivity (Wildman–Crippen MR) is 91.7 cm³/mol. The molecule has 0 aromatic rings. The second kappa shape index (κ2) is 14.4. The van der Waals surface area contributed by atoms with E-state index in [1.807, 2.05) is 6.92 Å². The normalized spacial score (nSPS) is 14.0. The van der Waals surface area contributed by atoms with Crippen LogP contribution in [-0.2, 0) is 4.79 Å². The van der Waals surface area contributed by atoms with E-state index in [1.165, 1.54) is 70.6 Å². The van der Waals surface area contributed by atoms with Crippen molar-refractivity contribution >= 4 is 5.97 Å². The third kappa shape index (κ3) is 14.2. The molecule has 2 nitrogen and oxygen atoms in total. The molecule has 0 rings (SSSR count). The van der Waals surface area contributed by atoms with Crippen LogP contribution in [0.3, 0.4) is 0 Å². The molecule has 0 saturated carbocycles. The minimum atomic E-state index is -0.650. The van der Waals surface area contributed by atoms with Crippen molar-refractivity contribution in [1.29, 1.82) is 0 Å². The lowest BCUT2D eigenvalue weighted by Gasteiger charge is -2.07. The number of rotatable bonds is 15. The van der Waals surface area contributed by atoms with Crippen molar-refractivity contribution in [3.8, 4) is 0 Å². The van der Waals surface area contributed by atoms with Gasteiger partial charge in [0.25, 0.3) is 0 Å². The Bertz CT molecular complexity index is 238. The Hall–Kier alpha value is -0.530. The Balaban J connectivity index is 3.11.